The maximum absolute atomic E-state index is 13.0. The van der Waals surface area contributed by atoms with Gasteiger partial charge in [-0.25, -0.2) is 4.79 Å². The summed E-state index contributed by atoms with van der Waals surface area (Å²) in [5.41, 5.74) is 5.69. The second-order valence-corrected chi connectivity index (χ2v) is 9.59. The lowest BCUT2D eigenvalue weighted by Gasteiger charge is -2.35. The van der Waals surface area contributed by atoms with Crippen molar-refractivity contribution in [2.45, 2.75) is 12.5 Å². The van der Waals surface area contributed by atoms with E-state index < -0.39 is 0 Å². The summed E-state index contributed by atoms with van der Waals surface area (Å²) in [7, 11) is 0. The standard InChI is InChI=1S/C30H29N3O4/c34-18-17-32-12-11-21-9-10-22(19-27(21)29(32)35)31-13-15-33(16-14-31)30(36)37-20-28-25-7-3-1-5-23(25)24-6-2-4-8-26(24)28/h1-12,19,28,34H,13-18,20H2. The van der Waals surface area contributed by atoms with Crippen molar-refractivity contribution in [2.75, 3.05) is 44.3 Å². The van der Waals surface area contributed by atoms with Gasteiger partial charge < -0.3 is 24.2 Å². The van der Waals surface area contributed by atoms with Crippen LogP contribution in [0.2, 0.25) is 0 Å². The van der Waals surface area contributed by atoms with Gasteiger partial charge in [-0.3, -0.25) is 4.79 Å². The minimum atomic E-state index is -0.285. The van der Waals surface area contributed by atoms with Crippen LogP contribution in [0.25, 0.3) is 21.9 Å². The molecular formula is C30H29N3O4. The van der Waals surface area contributed by atoms with Crippen LogP contribution >= 0.6 is 0 Å². The van der Waals surface area contributed by atoms with Gasteiger partial charge in [0, 0.05) is 55.9 Å². The zero-order chi connectivity index (χ0) is 25.4. The third-order valence-corrected chi connectivity index (χ3v) is 7.54. The molecule has 1 amide bonds. The van der Waals surface area contributed by atoms with Crippen LogP contribution < -0.4 is 10.5 Å². The van der Waals surface area contributed by atoms with E-state index >= 15 is 0 Å². The molecule has 0 radical (unpaired) electrons. The van der Waals surface area contributed by atoms with Crippen molar-refractivity contribution in [1.29, 1.82) is 0 Å². The van der Waals surface area contributed by atoms with Crippen molar-refractivity contribution in [3.8, 4) is 11.1 Å². The molecule has 7 heteroatoms. The fourth-order valence-electron chi connectivity index (χ4n) is 5.58. The average Bonchev–Trinajstić information content (AvgIpc) is 3.27. The Hall–Kier alpha value is -4.10. The van der Waals surface area contributed by atoms with Gasteiger partial charge in [0.25, 0.3) is 5.56 Å². The number of aromatic nitrogens is 1. The van der Waals surface area contributed by atoms with Gasteiger partial charge in [0.1, 0.15) is 6.61 Å². The van der Waals surface area contributed by atoms with Gasteiger partial charge in [-0.1, -0.05) is 54.6 Å². The van der Waals surface area contributed by atoms with Gasteiger partial charge in [0.15, 0.2) is 0 Å². The molecule has 2 aliphatic rings. The van der Waals surface area contributed by atoms with Crippen molar-refractivity contribution in [2.24, 2.45) is 0 Å². The topological polar surface area (TPSA) is 75.0 Å². The van der Waals surface area contributed by atoms with E-state index in [2.05, 4.69) is 29.2 Å². The monoisotopic (exact) mass is 495 g/mol. The summed E-state index contributed by atoms with van der Waals surface area (Å²) in [5, 5.41) is 10.7. The molecule has 1 aliphatic carbocycles. The Morgan fingerprint density at radius 2 is 1.57 bits per heavy atom. The van der Waals surface area contributed by atoms with Gasteiger partial charge in [-0.15, -0.1) is 0 Å². The molecule has 0 unspecified atom stereocenters. The van der Waals surface area contributed by atoms with Crippen LogP contribution in [0.1, 0.15) is 17.0 Å². The summed E-state index contributed by atoms with van der Waals surface area (Å²) in [4.78, 5) is 29.7. The smallest absolute Gasteiger partial charge is 0.409 e. The number of ether oxygens (including phenoxy) is 1. The van der Waals surface area contributed by atoms with Crippen LogP contribution in [0.5, 0.6) is 0 Å². The maximum atomic E-state index is 13.0. The van der Waals surface area contributed by atoms with Gasteiger partial charge in [0.2, 0.25) is 0 Å². The number of pyridine rings is 1. The number of amides is 1. The highest BCUT2D eigenvalue weighted by atomic mass is 16.6. The summed E-state index contributed by atoms with van der Waals surface area (Å²) in [6, 6.07) is 24.4. The third-order valence-electron chi connectivity index (χ3n) is 7.54. The van der Waals surface area contributed by atoms with Gasteiger partial charge in [-0.2, -0.15) is 0 Å². The lowest BCUT2D eigenvalue weighted by atomic mass is 9.98. The van der Waals surface area contributed by atoms with Crippen molar-refractivity contribution in [1.82, 2.24) is 9.47 Å². The SMILES string of the molecule is O=C(OCC1c2ccccc2-c2ccccc21)N1CCN(c2ccc3ccn(CCO)c(=O)c3c2)CC1. The normalized spacial score (nSPS) is 15.1. The summed E-state index contributed by atoms with van der Waals surface area (Å²) >= 11 is 0. The molecule has 3 aromatic carbocycles. The quantitative estimate of drug-likeness (QED) is 0.452. The lowest BCUT2D eigenvalue weighted by molar-refractivity contribution is 0.0977. The Morgan fingerprint density at radius 3 is 2.24 bits per heavy atom. The minimum Gasteiger partial charge on any atom is -0.448 e. The predicted molar refractivity (Wildman–Crippen MR) is 144 cm³/mol. The Morgan fingerprint density at radius 1 is 0.892 bits per heavy atom. The molecule has 1 fully saturated rings. The minimum absolute atomic E-state index is 0.0464. The van der Waals surface area contributed by atoms with E-state index in [4.69, 9.17) is 4.74 Å². The highest BCUT2D eigenvalue weighted by molar-refractivity contribution is 5.85. The highest BCUT2D eigenvalue weighted by Gasteiger charge is 2.30. The fourth-order valence-corrected chi connectivity index (χ4v) is 5.58. The van der Waals surface area contributed by atoms with Crippen LogP contribution in [0.15, 0.2) is 83.8 Å². The number of anilines is 1. The number of rotatable bonds is 5. The second-order valence-electron chi connectivity index (χ2n) is 9.59. The number of carbonyl (C=O) groups is 1. The van der Waals surface area contributed by atoms with Crippen molar-refractivity contribution in [3.05, 3.63) is 100 Å². The largest absolute Gasteiger partial charge is 0.448 e. The summed E-state index contributed by atoms with van der Waals surface area (Å²) in [6.07, 6.45) is 1.43. The number of hydrogen-bond donors (Lipinski definition) is 1. The van der Waals surface area contributed by atoms with Crippen LogP contribution in [0.3, 0.4) is 0 Å². The lowest BCUT2D eigenvalue weighted by Crippen LogP contribution is -2.49. The van der Waals surface area contributed by atoms with Gasteiger partial charge in [0.05, 0.1) is 6.61 Å². The molecule has 1 aromatic heterocycles. The van der Waals surface area contributed by atoms with Crippen molar-refractivity contribution < 1.29 is 14.6 Å². The molecular weight excluding hydrogens is 466 g/mol. The van der Waals surface area contributed by atoms with Crippen LogP contribution in [0, 0.1) is 0 Å². The number of aliphatic hydroxyl groups is 1. The molecule has 4 aromatic rings. The molecule has 188 valence electrons. The Kier molecular flexibility index (Phi) is 6.14. The Balaban J connectivity index is 1.11. The molecule has 6 rings (SSSR count). The number of hydrogen-bond acceptors (Lipinski definition) is 5. The van der Waals surface area contributed by atoms with E-state index in [-0.39, 0.29) is 30.7 Å². The van der Waals surface area contributed by atoms with E-state index in [1.807, 2.05) is 48.5 Å². The molecule has 37 heavy (non-hydrogen) atoms. The molecule has 1 N–H and O–H groups in total. The van der Waals surface area contributed by atoms with E-state index in [9.17, 15) is 14.7 Å². The third kappa shape index (κ3) is 4.25. The van der Waals surface area contributed by atoms with Crippen molar-refractivity contribution >= 4 is 22.6 Å². The summed E-state index contributed by atoms with van der Waals surface area (Å²) in [5.74, 6) is 0.0464. The van der Waals surface area contributed by atoms with Crippen LogP contribution in [0.4, 0.5) is 10.5 Å². The average molecular weight is 496 g/mol. The van der Waals surface area contributed by atoms with E-state index in [0.29, 0.717) is 38.2 Å². The summed E-state index contributed by atoms with van der Waals surface area (Å²) in [6.45, 7) is 2.94. The van der Waals surface area contributed by atoms with Gasteiger partial charge in [-0.05, 0) is 45.8 Å². The van der Waals surface area contributed by atoms with E-state index in [0.717, 1.165) is 11.1 Å². The first-order chi connectivity index (χ1) is 18.1. The maximum Gasteiger partial charge on any atom is 0.409 e. The van der Waals surface area contributed by atoms with E-state index in [1.54, 1.807) is 11.1 Å². The number of fused-ring (bicyclic) bond motifs is 4. The summed E-state index contributed by atoms with van der Waals surface area (Å²) < 4.78 is 7.36. The Labute approximate surface area is 215 Å². The molecule has 1 aliphatic heterocycles. The van der Waals surface area contributed by atoms with Crippen molar-refractivity contribution in [3.63, 3.8) is 0 Å². The first-order valence-electron chi connectivity index (χ1n) is 12.7. The Bertz CT molecular complexity index is 1480. The zero-order valence-electron chi connectivity index (χ0n) is 20.5. The number of nitrogens with zero attached hydrogens (tertiary/aromatic N) is 3. The molecule has 2 heterocycles. The molecule has 0 bridgehead atoms. The molecule has 1 saturated heterocycles. The molecule has 7 nitrogen and oxygen atoms in total. The first kappa shape index (κ1) is 23.3. The highest BCUT2D eigenvalue weighted by Crippen LogP contribution is 2.44. The van der Waals surface area contributed by atoms with Gasteiger partial charge >= 0.3 is 6.09 Å². The molecule has 0 spiro atoms. The van der Waals surface area contributed by atoms with Crippen LogP contribution in [-0.2, 0) is 11.3 Å². The van der Waals surface area contributed by atoms with Crippen LogP contribution in [-0.4, -0.2) is 60.1 Å². The molecule has 0 saturated carbocycles. The number of benzene rings is 3. The second kappa shape index (κ2) is 9.75. The first-order valence-corrected chi connectivity index (χ1v) is 12.7. The number of carbonyl (C=O) groups excluding carboxylic acids is 1. The molecule has 0 atom stereocenters. The fraction of sp³-hybridized carbons (Fsp3) is 0.267. The van der Waals surface area contributed by atoms with E-state index in [1.165, 1.54) is 26.8 Å². The zero-order valence-corrected chi connectivity index (χ0v) is 20.5. The predicted octanol–water partition coefficient (Wildman–Crippen LogP) is 4.06. The number of aliphatic hydroxyl groups excluding tert-OH is 1. The number of piperazine rings is 1.